The monoisotopic (exact) mass is 233 g/mol. The molecule has 0 radical (unpaired) electrons. The Kier molecular flexibility index (Phi) is 3.18. The van der Waals surface area contributed by atoms with E-state index in [1.165, 1.54) is 23.1 Å². The number of amides is 1. The van der Waals surface area contributed by atoms with Crippen LogP contribution in [0.4, 0.5) is 4.39 Å². The number of carbonyl (C=O) groups excluding carboxylic acids is 1. The molecule has 0 spiro atoms. The second-order valence-electron chi connectivity index (χ2n) is 3.48. The van der Waals surface area contributed by atoms with Crippen LogP contribution in [0.3, 0.4) is 0 Å². The van der Waals surface area contributed by atoms with Crippen molar-refractivity contribution in [3.05, 3.63) is 48.0 Å². The first-order chi connectivity index (χ1) is 8.22. The average molecular weight is 233 g/mol. The molecule has 0 unspecified atom stereocenters. The van der Waals surface area contributed by atoms with E-state index in [9.17, 15) is 9.18 Å². The largest absolute Gasteiger partial charge is 0.352 e. The van der Waals surface area contributed by atoms with Crippen molar-refractivity contribution in [1.82, 2.24) is 15.1 Å². The van der Waals surface area contributed by atoms with Crippen LogP contribution in [0.5, 0.6) is 0 Å². The van der Waals surface area contributed by atoms with Gasteiger partial charge < -0.3 is 5.32 Å². The van der Waals surface area contributed by atoms with Gasteiger partial charge in [0.15, 0.2) is 0 Å². The number of carbonyl (C=O) groups is 1. The van der Waals surface area contributed by atoms with Crippen molar-refractivity contribution < 1.29 is 9.18 Å². The van der Waals surface area contributed by atoms with Crippen LogP contribution in [0.15, 0.2) is 36.7 Å². The topological polar surface area (TPSA) is 46.9 Å². The number of nitrogens with one attached hydrogen (secondary N) is 1. The Balaban J connectivity index is 2.30. The quantitative estimate of drug-likeness (QED) is 0.878. The Morgan fingerprint density at radius 1 is 1.47 bits per heavy atom. The van der Waals surface area contributed by atoms with Crippen LogP contribution in [0.2, 0.25) is 0 Å². The summed E-state index contributed by atoms with van der Waals surface area (Å²) in [5.74, 6) is -0.590. The van der Waals surface area contributed by atoms with Gasteiger partial charge in [0.05, 0.1) is 11.8 Å². The lowest BCUT2D eigenvalue weighted by atomic mass is 10.3. The highest BCUT2D eigenvalue weighted by Gasteiger charge is 2.10. The van der Waals surface area contributed by atoms with Crippen molar-refractivity contribution in [3.63, 3.8) is 0 Å². The molecular weight excluding hydrogens is 221 g/mol. The summed E-state index contributed by atoms with van der Waals surface area (Å²) >= 11 is 0. The fourth-order valence-electron chi connectivity index (χ4n) is 1.47. The standard InChI is InChI=1S/C12H12FN3O/c1-2-14-12(17)9-7-15-16(8-9)11-6-4-3-5-10(11)13/h3-8H,2H2,1H3,(H,14,17). The molecule has 0 aliphatic rings. The lowest BCUT2D eigenvalue weighted by Gasteiger charge is -2.01. The van der Waals surface area contributed by atoms with Crippen molar-refractivity contribution >= 4 is 5.91 Å². The summed E-state index contributed by atoms with van der Waals surface area (Å²) < 4.78 is 14.8. The highest BCUT2D eigenvalue weighted by atomic mass is 19.1. The Morgan fingerprint density at radius 3 is 2.94 bits per heavy atom. The molecule has 4 nitrogen and oxygen atoms in total. The van der Waals surface area contributed by atoms with E-state index < -0.39 is 0 Å². The van der Waals surface area contributed by atoms with E-state index in [-0.39, 0.29) is 11.7 Å². The average Bonchev–Trinajstić information content (AvgIpc) is 2.79. The van der Waals surface area contributed by atoms with Crippen LogP contribution in [-0.2, 0) is 0 Å². The summed E-state index contributed by atoms with van der Waals surface area (Å²) in [5, 5.41) is 6.62. The zero-order valence-corrected chi connectivity index (χ0v) is 9.35. The van der Waals surface area contributed by atoms with E-state index in [1.54, 1.807) is 18.2 Å². The number of hydrogen-bond donors (Lipinski definition) is 1. The highest BCUT2D eigenvalue weighted by molar-refractivity contribution is 5.93. The molecule has 0 fully saturated rings. The summed E-state index contributed by atoms with van der Waals surface area (Å²) in [6.07, 6.45) is 2.92. The second kappa shape index (κ2) is 4.78. The molecule has 1 heterocycles. The van der Waals surface area contributed by atoms with Gasteiger partial charge in [-0.1, -0.05) is 12.1 Å². The molecule has 17 heavy (non-hydrogen) atoms. The summed E-state index contributed by atoms with van der Waals surface area (Å²) in [5.41, 5.74) is 0.734. The number of nitrogens with zero attached hydrogens (tertiary/aromatic N) is 2. The molecule has 2 rings (SSSR count). The second-order valence-corrected chi connectivity index (χ2v) is 3.48. The molecule has 0 saturated carbocycles. The van der Waals surface area contributed by atoms with Gasteiger partial charge in [-0.2, -0.15) is 5.10 Å². The first kappa shape index (κ1) is 11.3. The molecule has 1 aromatic carbocycles. The molecule has 5 heteroatoms. The van der Waals surface area contributed by atoms with Gasteiger partial charge in [0.1, 0.15) is 11.5 Å². The first-order valence-electron chi connectivity index (χ1n) is 5.30. The maximum atomic E-state index is 13.5. The van der Waals surface area contributed by atoms with Crippen molar-refractivity contribution in [2.75, 3.05) is 6.54 Å². The van der Waals surface area contributed by atoms with Gasteiger partial charge in [0.25, 0.3) is 5.91 Å². The van der Waals surface area contributed by atoms with Crippen LogP contribution in [0.1, 0.15) is 17.3 Å². The minimum atomic E-state index is -0.377. The predicted octanol–water partition coefficient (Wildman–Crippen LogP) is 1.76. The number of benzene rings is 1. The molecule has 0 aliphatic heterocycles. The van der Waals surface area contributed by atoms with E-state index >= 15 is 0 Å². The Bertz CT molecular complexity index is 536. The lowest BCUT2D eigenvalue weighted by Crippen LogP contribution is -2.22. The van der Waals surface area contributed by atoms with Gasteiger partial charge >= 0.3 is 0 Å². The molecule has 1 amide bonds. The van der Waals surface area contributed by atoms with Gasteiger partial charge in [-0.15, -0.1) is 0 Å². The van der Waals surface area contributed by atoms with E-state index in [0.29, 0.717) is 17.8 Å². The van der Waals surface area contributed by atoms with E-state index in [0.717, 1.165) is 0 Å². The van der Waals surface area contributed by atoms with Crippen LogP contribution in [0.25, 0.3) is 5.69 Å². The summed E-state index contributed by atoms with van der Waals surface area (Å²) in [6.45, 7) is 2.38. The number of halogens is 1. The van der Waals surface area contributed by atoms with Gasteiger partial charge in [-0.05, 0) is 19.1 Å². The third-order valence-corrected chi connectivity index (χ3v) is 2.28. The van der Waals surface area contributed by atoms with Crippen molar-refractivity contribution in [3.8, 4) is 5.69 Å². The van der Waals surface area contributed by atoms with Crippen molar-refractivity contribution in [2.24, 2.45) is 0 Å². The first-order valence-corrected chi connectivity index (χ1v) is 5.30. The lowest BCUT2D eigenvalue weighted by molar-refractivity contribution is 0.0956. The summed E-state index contributed by atoms with van der Waals surface area (Å²) in [4.78, 5) is 11.5. The van der Waals surface area contributed by atoms with Crippen molar-refractivity contribution in [2.45, 2.75) is 6.92 Å². The Morgan fingerprint density at radius 2 is 2.24 bits per heavy atom. The SMILES string of the molecule is CCNC(=O)c1cnn(-c2ccccc2F)c1. The Hall–Kier alpha value is -2.17. The normalized spacial score (nSPS) is 10.2. The van der Waals surface area contributed by atoms with Crippen LogP contribution in [-0.4, -0.2) is 22.2 Å². The number of para-hydroxylation sites is 1. The van der Waals surface area contributed by atoms with Crippen LogP contribution < -0.4 is 5.32 Å². The molecule has 0 bridgehead atoms. The fourth-order valence-corrected chi connectivity index (χ4v) is 1.47. The number of aromatic nitrogens is 2. The smallest absolute Gasteiger partial charge is 0.254 e. The summed E-state index contributed by atoms with van der Waals surface area (Å²) in [7, 11) is 0. The maximum Gasteiger partial charge on any atom is 0.254 e. The fraction of sp³-hybridized carbons (Fsp3) is 0.167. The minimum Gasteiger partial charge on any atom is -0.352 e. The molecule has 2 aromatic rings. The Labute approximate surface area is 98.1 Å². The van der Waals surface area contributed by atoms with E-state index in [1.807, 2.05) is 6.92 Å². The molecule has 88 valence electrons. The molecule has 1 N–H and O–H groups in total. The number of hydrogen-bond acceptors (Lipinski definition) is 2. The molecule has 0 aliphatic carbocycles. The zero-order chi connectivity index (χ0) is 12.3. The third kappa shape index (κ3) is 2.33. The van der Waals surface area contributed by atoms with Gasteiger partial charge in [0, 0.05) is 12.7 Å². The zero-order valence-electron chi connectivity index (χ0n) is 9.35. The van der Waals surface area contributed by atoms with Gasteiger partial charge in [0.2, 0.25) is 0 Å². The molecular formula is C12H12FN3O. The van der Waals surface area contributed by atoms with E-state index in [4.69, 9.17) is 0 Å². The number of rotatable bonds is 3. The van der Waals surface area contributed by atoms with E-state index in [2.05, 4.69) is 10.4 Å². The van der Waals surface area contributed by atoms with Crippen LogP contribution >= 0.6 is 0 Å². The summed E-state index contributed by atoms with van der Waals surface area (Å²) in [6, 6.07) is 6.27. The highest BCUT2D eigenvalue weighted by Crippen LogP contribution is 2.12. The minimum absolute atomic E-state index is 0.213. The maximum absolute atomic E-state index is 13.5. The van der Waals surface area contributed by atoms with Crippen LogP contribution in [0, 0.1) is 5.82 Å². The molecule has 0 saturated heterocycles. The third-order valence-electron chi connectivity index (χ3n) is 2.28. The van der Waals surface area contributed by atoms with Gasteiger partial charge in [-0.25, -0.2) is 9.07 Å². The van der Waals surface area contributed by atoms with Crippen molar-refractivity contribution in [1.29, 1.82) is 0 Å². The predicted molar refractivity (Wildman–Crippen MR) is 61.5 cm³/mol. The van der Waals surface area contributed by atoms with Gasteiger partial charge in [-0.3, -0.25) is 4.79 Å². The molecule has 0 atom stereocenters. The molecule has 1 aromatic heterocycles.